The van der Waals surface area contributed by atoms with Crippen molar-refractivity contribution in [3.05, 3.63) is 43.3 Å². The standard InChI is InChI=1S/C10H13N3/c1-4-6-7-9(3)10-8-11-13(5-2)12-10/h4,6-8H,1,3,5H2,2H3/b7-6-. The largest absolute Gasteiger partial charge is 0.185 e. The Bertz CT molecular complexity index is 334. The van der Waals surface area contributed by atoms with E-state index in [4.69, 9.17) is 0 Å². The van der Waals surface area contributed by atoms with E-state index in [-0.39, 0.29) is 0 Å². The summed E-state index contributed by atoms with van der Waals surface area (Å²) in [5.41, 5.74) is 1.65. The molecule has 0 N–H and O–H groups in total. The van der Waals surface area contributed by atoms with Crippen LogP contribution in [0, 0.1) is 0 Å². The minimum absolute atomic E-state index is 0.776. The van der Waals surface area contributed by atoms with Crippen molar-refractivity contribution in [3.63, 3.8) is 0 Å². The molecule has 0 aromatic carbocycles. The number of nitrogens with zero attached hydrogens (tertiary/aromatic N) is 3. The number of rotatable bonds is 4. The summed E-state index contributed by atoms with van der Waals surface area (Å²) in [4.78, 5) is 1.63. The Morgan fingerprint density at radius 1 is 1.69 bits per heavy atom. The average Bonchev–Trinajstić information content (AvgIpc) is 2.62. The van der Waals surface area contributed by atoms with Crippen molar-refractivity contribution in [2.45, 2.75) is 13.5 Å². The third kappa shape index (κ3) is 2.40. The fourth-order valence-electron chi connectivity index (χ4n) is 0.866. The maximum atomic E-state index is 4.20. The third-order valence-electron chi connectivity index (χ3n) is 1.58. The van der Waals surface area contributed by atoms with E-state index < -0.39 is 0 Å². The lowest BCUT2D eigenvalue weighted by atomic mass is 10.2. The highest BCUT2D eigenvalue weighted by atomic mass is 15.5. The van der Waals surface area contributed by atoms with E-state index in [1.807, 2.05) is 19.1 Å². The molecule has 3 heteroatoms. The van der Waals surface area contributed by atoms with Crippen molar-refractivity contribution in [2.24, 2.45) is 0 Å². The van der Waals surface area contributed by atoms with Crippen molar-refractivity contribution in [1.82, 2.24) is 15.0 Å². The molecular formula is C10H13N3. The van der Waals surface area contributed by atoms with Crippen LogP contribution in [0.1, 0.15) is 12.6 Å². The number of aryl methyl sites for hydroxylation is 1. The summed E-state index contributed by atoms with van der Waals surface area (Å²) in [6.07, 6.45) is 7.10. The van der Waals surface area contributed by atoms with Crippen LogP contribution in [0.5, 0.6) is 0 Å². The molecule has 1 rings (SSSR count). The molecule has 1 aromatic rings. The summed E-state index contributed by atoms with van der Waals surface area (Å²) in [5.74, 6) is 0. The minimum Gasteiger partial charge on any atom is -0.185 e. The van der Waals surface area contributed by atoms with Gasteiger partial charge in [0, 0.05) is 0 Å². The normalized spacial score (nSPS) is 10.5. The zero-order valence-corrected chi connectivity index (χ0v) is 7.77. The molecule has 0 saturated carbocycles. The first kappa shape index (κ1) is 9.45. The molecule has 0 unspecified atom stereocenters. The molecule has 0 spiro atoms. The monoisotopic (exact) mass is 175 g/mol. The van der Waals surface area contributed by atoms with Gasteiger partial charge in [0.1, 0.15) is 5.69 Å². The molecule has 1 aromatic heterocycles. The number of allylic oxidation sites excluding steroid dienone is 4. The summed E-state index contributed by atoms with van der Waals surface area (Å²) in [6.45, 7) is 10.2. The van der Waals surface area contributed by atoms with Crippen LogP contribution in [0.15, 0.2) is 37.6 Å². The number of aromatic nitrogens is 3. The van der Waals surface area contributed by atoms with Crippen molar-refractivity contribution >= 4 is 5.57 Å². The molecule has 0 aliphatic carbocycles. The molecule has 0 aliphatic heterocycles. The van der Waals surface area contributed by atoms with Gasteiger partial charge in [0.05, 0.1) is 12.7 Å². The van der Waals surface area contributed by atoms with Crippen LogP contribution < -0.4 is 0 Å². The lowest BCUT2D eigenvalue weighted by molar-refractivity contribution is 0.568. The summed E-state index contributed by atoms with van der Waals surface area (Å²) < 4.78 is 0. The molecule has 3 nitrogen and oxygen atoms in total. The smallest absolute Gasteiger partial charge is 0.112 e. The Morgan fingerprint density at radius 2 is 2.46 bits per heavy atom. The highest BCUT2D eigenvalue weighted by molar-refractivity contribution is 5.68. The summed E-state index contributed by atoms with van der Waals surface area (Å²) in [7, 11) is 0. The molecule has 0 radical (unpaired) electrons. The van der Waals surface area contributed by atoms with Crippen LogP contribution in [0.4, 0.5) is 0 Å². The molecular weight excluding hydrogens is 162 g/mol. The van der Waals surface area contributed by atoms with Crippen LogP contribution in [0.25, 0.3) is 5.57 Å². The lowest BCUT2D eigenvalue weighted by Gasteiger charge is -1.91. The Labute approximate surface area is 78.1 Å². The van der Waals surface area contributed by atoms with E-state index in [1.165, 1.54) is 0 Å². The second kappa shape index (κ2) is 4.40. The maximum Gasteiger partial charge on any atom is 0.112 e. The Hall–Kier alpha value is -1.64. The Balaban J connectivity index is 2.77. The molecule has 0 fully saturated rings. The summed E-state index contributed by atoms with van der Waals surface area (Å²) >= 11 is 0. The Morgan fingerprint density at radius 3 is 3.00 bits per heavy atom. The van der Waals surface area contributed by atoms with Gasteiger partial charge in [0.25, 0.3) is 0 Å². The minimum atomic E-state index is 0.776. The molecule has 1 heterocycles. The molecule has 13 heavy (non-hydrogen) atoms. The van der Waals surface area contributed by atoms with Gasteiger partial charge < -0.3 is 0 Å². The van der Waals surface area contributed by atoms with Crippen molar-refractivity contribution < 1.29 is 0 Å². The zero-order chi connectivity index (χ0) is 9.68. The van der Waals surface area contributed by atoms with Gasteiger partial charge in [-0.3, -0.25) is 0 Å². The highest BCUT2D eigenvalue weighted by Gasteiger charge is 1.99. The van der Waals surface area contributed by atoms with Crippen LogP contribution in [-0.2, 0) is 6.54 Å². The van der Waals surface area contributed by atoms with Crippen molar-refractivity contribution in [2.75, 3.05) is 0 Å². The first-order valence-corrected chi connectivity index (χ1v) is 4.16. The highest BCUT2D eigenvalue weighted by Crippen LogP contribution is 2.08. The van der Waals surface area contributed by atoms with Crippen molar-refractivity contribution in [3.8, 4) is 0 Å². The molecule has 0 bridgehead atoms. The zero-order valence-electron chi connectivity index (χ0n) is 7.77. The average molecular weight is 175 g/mol. The van der Waals surface area contributed by atoms with Crippen LogP contribution >= 0.6 is 0 Å². The van der Waals surface area contributed by atoms with Gasteiger partial charge in [-0.15, -0.1) is 0 Å². The summed E-state index contributed by atoms with van der Waals surface area (Å²) in [6, 6.07) is 0. The van der Waals surface area contributed by atoms with Crippen LogP contribution in [0.3, 0.4) is 0 Å². The summed E-state index contributed by atoms with van der Waals surface area (Å²) in [5, 5.41) is 8.25. The fourth-order valence-corrected chi connectivity index (χ4v) is 0.866. The molecule has 0 atom stereocenters. The molecule has 0 amide bonds. The van der Waals surface area contributed by atoms with Gasteiger partial charge in [0.15, 0.2) is 0 Å². The van der Waals surface area contributed by atoms with Gasteiger partial charge in [-0.1, -0.05) is 31.4 Å². The number of hydrogen-bond donors (Lipinski definition) is 0. The van der Waals surface area contributed by atoms with E-state index in [1.54, 1.807) is 17.1 Å². The molecule has 68 valence electrons. The first-order chi connectivity index (χ1) is 6.27. The Kier molecular flexibility index (Phi) is 3.20. The van der Waals surface area contributed by atoms with Crippen LogP contribution in [-0.4, -0.2) is 15.0 Å². The van der Waals surface area contributed by atoms with E-state index in [0.717, 1.165) is 17.8 Å². The van der Waals surface area contributed by atoms with E-state index >= 15 is 0 Å². The lowest BCUT2D eigenvalue weighted by Crippen LogP contribution is -1.98. The maximum absolute atomic E-state index is 4.20. The quantitative estimate of drug-likeness (QED) is 0.656. The van der Waals surface area contributed by atoms with E-state index in [2.05, 4.69) is 23.4 Å². The second-order valence-electron chi connectivity index (χ2n) is 2.54. The van der Waals surface area contributed by atoms with Gasteiger partial charge in [-0.25, -0.2) is 0 Å². The number of hydrogen-bond acceptors (Lipinski definition) is 2. The van der Waals surface area contributed by atoms with Crippen molar-refractivity contribution in [1.29, 1.82) is 0 Å². The van der Waals surface area contributed by atoms with E-state index in [0.29, 0.717) is 0 Å². The fraction of sp³-hybridized carbons (Fsp3) is 0.200. The topological polar surface area (TPSA) is 30.7 Å². The van der Waals surface area contributed by atoms with Gasteiger partial charge >= 0.3 is 0 Å². The third-order valence-corrected chi connectivity index (χ3v) is 1.58. The van der Waals surface area contributed by atoms with Gasteiger partial charge in [-0.2, -0.15) is 15.0 Å². The molecule has 0 aliphatic rings. The van der Waals surface area contributed by atoms with Gasteiger partial charge in [0.2, 0.25) is 0 Å². The predicted octanol–water partition coefficient (Wildman–Crippen LogP) is 2.05. The van der Waals surface area contributed by atoms with E-state index in [9.17, 15) is 0 Å². The SMILES string of the molecule is C=C/C=C\C(=C)c1cnn(CC)n1. The predicted molar refractivity (Wildman–Crippen MR) is 54.1 cm³/mol. The van der Waals surface area contributed by atoms with Gasteiger partial charge in [-0.05, 0) is 12.5 Å². The molecule has 0 saturated heterocycles. The second-order valence-corrected chi connectivity index (χ2v) is 2.54. The first-order valence-electron chi connectivity index (χ1n) is 4.16. The van der Waals surface area contributed by atoms with Crippen LogP contribution in [0.2, 0.25) is 0 Å².